The van der Waals surface area contributed by atoms with Gasteiger partial charge in [0.2, 0.25) is 0 Å². The number of nitrogens with one attached hydrogen (secondary N) is 1. The molecule has 0 aliphatic heterocycles. The summed E-state index contributed by atoms with van der Waals surface area (Å²) in [5.41, 5.74) is 4.61. The zero-order valence-corrected chi connectivity index (χ0v) is 18.3. The van der Waals surface area contributed by atoms with E-state index in [9.17, 15) is 10.2 Å². The fourth-order valence-corrected chi connectivity index (χ4v) is 8.54. The lowest BCUT2D eigenvalue weighted by Gasteiger charge is -2.49. The SMILES string of the molecule is CC12CC=C3C4CC45CC(O)CCC5CC[C@]3(O)C1CC=C2c1ccc2cn[nH]c2c1. The van der Waals surface area contributed by atoms with E-state index in [1.165, 1.54) is 23.1 Å². The van der Waals surface area contributed by atoms with Crippen LogP contribution in [0.2, 0.25) is 0 Å². The second-order valence-corrected chi connectivity index (χ2v) is 11.4. The molecule has 3 saturated carbocycles. The van der Waals surface area contributed by atoms with Crippen molar-refractivity contribution in [2.45, 2.75) is 70.0 Å². The van der Waals surface area contributed by atoms with Crippen LogP contribution in [0.5, 0.6) is 0 Å². The standard InChI is InChI=1S/C27H32N2O2/c1-25-10-9-21-22-14-26(22)13-19(30)5-4-18(26)8-11-27(21,31)24(25)7-6-20(25)16-2-3-17-15-28-29-23(17)12-16/h2-3,6,9,12,15,18-19,22,24,30-31H,4-5,7-8,10-11,13-14H2,1H3,(H,28,29)/t18?,19?,22?,24?,25?,26?,27-/m1/s1. The van der Waals surface area contributed by atoms with Crippen molar-refractivity contribution in [3.05, 3.63) is 47.7 Å². The van der Waals surface area contributed by atoms with Crippen molar-refractivity contribution in [1.82, 2.24) is 10.2 Å². The number of aliphatic hydroxyl groups is 2. The molecule has 3 fully saturated rings. The highest BCUT2D eigenvalue weighted by Crippen LogP contribution is 2.74. The fourth-order valence-electron chi connectivity index (χ4n) is 8.54. The molecule has 7 atom stereocenters. The maximum atomic E-state index is 12.3. The molecule has 1 aromatic carbocycles. The van der Waals surface area contributed by atoms with Crippen LogP contribution in [-0.4, -0.2) is 32.1 Å². The summed E-state index contributed by atoms with van der Waals surface area (Å²) in [6.45, 7) is 2.38. The van der Waals surface area contributed by atoms with E-state index in [1.54, 1.807) is 0 Å². The Bertz CT molecular complexity index is 1150. The molecule has 31 heavy (non-hydrogen) atoms. The van der Waals surface area contributed by atoms with E-state index in [2.05, 4.69) is 47.5 Å². The molecule has 0 bridgehead atoms. The first-order valence-electron chi connectivity index (χ1n) is 12.2. The summed E-state index contributed by atoms with van der Waals surface area (Å²) in [4.78, 5) is 0. The number of rotatable bonds is 1. The Morgan fingerprint density at radius 2 is 2.03 bits per heavy atom. The molecule has 5 aliphatic rings. The van der Waals surface area contributed by atoms with Crippen molar-refractivity contribution in [1.29, 1.82) is 0 Å². The summed E-state index contributed by atoms with van der Waals surface area (Å²) in [5.74, 6) is 1.42. The number of aromatic amines is 1. The highest BCUT2D eigenvalue weighted by molar-refractivity contribution is 5.84. The van der Waals surface area contributed by atoms with Crippen molar-refractivity contribution < 1.29 is 10.2 Å². The maximum absolute atomic E-state index is 12.3. The highest BCUT2D eigenvalue weighted by atomic mass is 16.3. The van der Waals surface area contributed by atoms with Crippen LogP contribution in [0.4, 0.5) is 0 Å². The fraction of sp³-hybridized carbons (Fsp3) is 0.593. The van der Waals surface area contributed by atoms with Gasteiger partial charge in [0, 0.05) is 16.7 Å². The van der Waals surface area contributed by atoms with Crippen LogP contribution in [0, 0.1) is 28.6 Å². The average molecular weight is 417 g/mol. The number of aromatic nitrogens is 2. The Balaban J connectivity index is 1.28. The highest BCUT2D eigenvalue weighted by Gasteiger charge is 2.68. The molecule has 3 N–H and O–H groups in total. The van der Waals surface area contributed by atoms with Crippen LogP contribution in [-0.2, 0) is 0 Å². The van der Waals surface area contributed by atoms with Gasteiger partial charge in [-0.15, -0.1) is 0 Å². The van der Waals surface area contributed by atoms with Gasteiger partial charge in [-0.1, -0.05) is 31.2 Å². The van der Waals surface area contributed by atoms with E-state index in [1.807, 2.05) is 6.20 Å². The number of allylic oxidation sites excluding steroid dienone is 3. The maximum Gasteiger partial charge on any atom is 0.0899 e. The molecule has 5 aliphatic carbocycles. The molecule has 2 aromatic rings. The Kier molecular flexibility index (Phi) is 3.55. The molecule has 1 spiro atoms. The summed E-state index contributed by atoms with van der Waals surface area (Å²) < 4.78 is 0. The van der Waals surface area contributed by atoms with Gasteiger partial charge in [-0.2, -0.15) is 5.10 Å². The molecule has 1 aromatic heterocycles. The van der Waals surface area contributed by atoms with Crippen LogP contribution in [0.3, 0.4) is 0 Å². The smallest absolute Gasteiger partial charge is 0.0899 e. The molecule has 1 heterocycles. The molecule has 4 heteroatoms. The predicted octanol–water partition coefficient (Wildman–Crippen LogP) is 4.99. The molecule has 0 amide bonds. The van der Waals surface area contributed by atoms with Crippen molar-refractivity contribution in [2.75, 3.05) is 0 Å². The van der Waals surface area contributed by atoms with Gasteiger partial charge in [0.25, 0.3) is 0 Å². The predicted molar refractivity (Wildman–Crippen MR) is 121 cm³/mol. The molecular formula is C27H32N2O2. The van der Waals surface area contributed by atoms with E-state index in [0.717, 1.165) is 55.8 Å². The van der Waals surface area contributed by atoms with Crippen molar-refractivity contribution in [2.24, 2.45) is 28.6 Å². The third-order valence-electron chi connectivity index (χ3n) is 10.2. The lowest BCUT2D eigenvalue weighted by atomic mass is 9.58. The molecule has 162 valence electrons. The largest absolute Gasteiger partial charge is 0.393 e. The van der Waals surface area contributed by atoms with Crippen LogP contribution in [0.25, 0.3) is 16.5 Å². The topological polar surface area (TPSA) is 69.1 Å². The van der Waals surface area contributed by atoms with E-state index in [4.69, 9.17) is 0 Å². The Hall–Kier alpha value is -1.91. The Morgan fingerprint density at radius 1 is 1.13 bits per heavy atom. The van der Waals surface area contributed by atoms with Crippen molar-refractivity contribution in [3.63, 3.8) is 0 Å². The molecule has 0 saturated heterocycles. The summed E-state index contributed by atoms with van der Waals surface area (Å²) in [6.07, 6.45) is 14.7. The summed E-state index contributed by atoms with van der Waals surface area (Å²) in [5, 5.41) is 31.2. The number of fused-ring (bicyclic) bond motifs is 5. The third-order valence-corrected chi connectivity index (χ3v) is 10.2. The van der Waals surface area contributed by atoms with Gasteiger partial charge in [-0.3, -0.25) is 5.10 Å². The number of hydrogen-bond acceptors (Lipinski definition) is 3. The quantitative estimate of drug-likeness (QED) is 0.573. The minimum atomic E-state index is -0.695. The minimum Gasteiger partial charge on any atom is -0.393 e. The van der Waals surface area contributed by atoms with E-state index in [-0.39, 0.29) is 22.9 Å². The van der Waals surface area contributed by atoms with Gasteiger partial charge in [-0.05, 0) is 91.4 Å². The second kappa shape index (κ2) is 5.90. The monoisotopic (exact) mass is 416 g/mol. The zero-order chi connectivity index (χ0) is 21.0. The van der Waals surface area contributed by atoms with Crippen molar-refractivity contribution in [3.8, 4) is 0 Å². The first-order chi connectivity index (χ1) is 14.9. The zero-order valence-electron chi connectivity index (χ0n) is 18.3. The number of benzene rings is 1. The van der Waals surface area contributed by atoms with E-state index < -0.39 is 5.60 Å². The van der Waals surface area contributed by atoms with E-state index in [0.29, 0.717) is 11.8 Å². The van der Waals surface area contributed by atoms with Crippen LogP contribution in [0.1, 0.15) is 63.9 Å². The van der Waals surface area contributed by atoms with Gasteiger partial charge >= 0.3 is 0 Å². The number of nitrogens with zero attached hydrogens (tertiary/aromatic N) is 1. The van der Waals surface area contributed by atoms with Gasteiger partial charge in [0.1, 0.15) is 0 Å². The first-order valence-corrected chi connectivity index (χ1v) is 12.2. The van der Waals surface area contributed by atoms with Crippen molar-refractivity contribution >= 4 is 16.5 Å². The minimum absolute atomic E-state index is 0.0387. The molecule has 7 rings (SSSR count). The normalized spacial score (nSPS) is 45.6. The van der Waals surface area contributed by atoms with E-state index >= 15 is 0 Å². The lowest BCUT2D eigenvalue weighted by Crippen LogP contribution is -2.49. The van der Waals surface area contributed by atoms with Gasteiger partial charge in [-0.25, -0.2) is 0 Å². The summed E-state index contributed by atoms with van der Waals surface area (Å²) >= 11 is 0. The lowest BCUT2D eigenvalue weighted by molar-refractivity contribution is -0.0389. The van der Waals surface area contributed by atoms with Crippen LogP contribution in [0.15, 0.2) is 42.1 Å². The number of aliphatic hydroxyl groups excluding tert-OH is 1. The third kappa shape index (κ3) is 2.30. The number of hydrogen-bond donors (Lipinski definition) is 3. The molecule has 0 radical (unpaired) electrons. The van der Waals surface area contributed by atoms with Gasteiger partial charge < -0.3 is 10.2 Å². The Labute approximate surface area is 183 Å². The second-order valence-electron chi connectivity index (χ2n) is 11.4. The number of H-pyrrole nitrogens is 1. The Morgan fingerprint density at radius 3 is 2.94 bits per heavy atom. The van der Waals surface area contributed by atoms with Crippen LogP contribution >= 0.6 is 0 Å². The molecule has 4 nitrogen and oxygen atoms in total. The van der Waals surface area contributed by atoms with Gasteiger partial charge in [0.05, 0.1) is 23.4 Å². The average Bonchev–Trinajstić information content (AvgIpc) is 3.09. The summed E-state index contributed by atoms with van der Waals surface area (Å²) in [6, 6.07) is 6.60. The summed E-state index contributed by atoms with van der Waals surface area (Å²) in [7, 11) is 0. The van der Waals surface area contributed by atoms with Gasteiger partial charge in [0.15, 0.2) is 0 Å². The molecular weight excluding hydrogens is 384 g/mol. The molecule has 6 unspecified atom stereocenters. The first kappa shape index (κ1) is 18.6. The van der Waals surface area contributed by atoms with Crippen LogP contribution < -0.4 is 0 Å².